The normalized spacial score (nSPS) is 11.1. The predicted octanol–water partition coefficient (Wildman–Crippen LogP) is 4.42. The van der Waals surface area contributed by atoms with Gasteiger partial charge in [0, 0.05) is 22.7 Å². The molecule has 1 aromatic heterocycles. The molecule has 0 aliphatic carbocycles. The number of aryl methyl sites for hydroxylation is 2. The summed E-state index contributed by atoms with van der Waals surface area (Å²) in [6.07, 6.45) is 3.06. The SMILES string of the molecule is CCOC(=O)N/N=C/c1cn(CCOc2ccc(C)c(C)c2)c2ccccc12. The molecule has 0 saturated heterocycles. The second kappa shape index (κ2) is 9.08. The van der Waals surface area contributed by atoms with Crippen LogP contribution in [0.5, 0.6) is 5.75 Å². The van der Waals surface area contributed by atoms with E-state index in [-0.39, 0.29) is 0 Å². The number of fused-ring (bicyclic) bond motifs is 1. The summed E-state index contributed by atoms with van der Waals surface area (Å²) in [4.78, 5) is 11.4. The Morgan fingerprint density at radius 2 is 2.00 bits per heavy atom. The number of benzene rings is 2. The van der Waals surface area contributed by atoms with Gasteiger partial charge in [0.05, 0.1) is 19.4 Å². The van der Waals surface area contributed by atoms with Crippen molar-refractivity contribution in [2.45, 2.75) is 27.3 Å². The number of ether oxygens (including phenoxy) is 2. The first-order chi connectivity index (χ1) is 13.6. The molecule has 6 nitrogen and oxygen atoms in total. The number of carbonyl (C=O) groups excluding carboxylic acids is 1. The molecule has 0 aliphatic rings. The predicted molar refractivity (Wildman–Crippen MR) is 111 cm³/mol. The summed E-state index contributed by atoms with van der Waals surface area (Å²) in [6.45, 7) is 7.48. The van der Waals surface area contributed by atoms with Crippen molar-refractivity contribution in [1.29, 1.82) is 0 Å². The fourth-order valence-electron chi connectivity index (χ4n) is 2.95. The van der Waals surface area contributed by atoms with Crippen LogP contribution < -0.4 is 10.2 Å². The lowest BCUT2D eigenvalue weighted by Gasteiger charge is -2.10. The minimum Gasteiger partial charge on any atom is -0.492 e. The fraction of sp³-hybridized carbons (Fsp3) is 0.273. The molecular formula is C22H25N3O3. The number of carbonyl (C=O) groups is 1. The highest BCUT2D eigenvalue weighted by atomic mass is 16.5. The largest absolute Gasteiger partial charge is 0.492 e. The second-order valence-electron chi connectivity index (χ2n) is 6.48. The van der Waals surface area contributed by atoms with E-state index in [0.717, 1.165) is 22.2 Å². The van der Waals surface area contributed by atoms with E-state index in [0.29, 0.717) is 19.8 Å². The maximum Gasteiger partial charge on any atom is 0.427 e. The summed E-state index contributed by atoms with van der Waals surface area (Å²) >= 11 is 0. The Bertz CT molecular complexity index is 992. The Labute approximate surface area is 164 Å². The highest BCUT2D eigenvalue weighted by molar-refractivity contribution is 5.99. The molecule has 28 heavy (non-hydrogen) atoms. The average Bonchev–Trinajstić information content (AvgIpc) is 3.03. The molecule has 0 fully saturated rings. The van der Waals surface area contributed by atoms with Gasteiger partial charge in [-0.05, 0) is 50.1 Å². The maximum atomic E-state index is 11.4. The smallest absolute Gasteiger partial charge is 0.427 e. The Morgan fingerprint density at radius 3 is 2.79 bits per heavy atom. The zero-order valence-corrected chi connectivity index (χ0v) is 16.4. The third-order valence-electron chi connectivity index (χ3n) is 4.53. The molecule has 146 valence electrons. The fourth-order valence-corrected chi connectivity index (χ4v) is 2.95. The maximum absolute atomic E-state index is 11.4. The molecule has 2 aromatic carbocycles. The second-order valence-corrected chi connectivity index (χ2v) is 6.48. The highest BCUT2D eigenvalue weighted by Crippen LogP contribution is 2.21. The Balaban J connectivity index is 1.70. The number of hydrazone groups is 1. The van der Waals surface area contributed by atoms with Crippen LogP contribution in [0.1, 0.15) is 23.6 Å². The Kier molecular flexibility index (Phi) is 6.32. The summed E-state index contributed by atoms with van der Waals surface area (Å²) in [5, 5.41) is 5.03. The summed E-state index contributed by atoms with van der Waals surface area (Å²) in [5.74, 6) is 0.875. The van der Waals surface area contributed by atoms with E-state index in [2.05, 4.69) is 47.1 Å². The molecule has 0 saturated carbocycles. The van der Waals surface area contributed by atoms with Gasteiger partial charge in [-0.3, -0.25) is 0 Å². The van der Waals surface area contributed by atoms with Gasteiger partial charge in [0.25, 0.3) is 0 Å². The monoisotopic (exact) mass is 379 g/mol. The summed E-state index contributed by atoms with van der Waals surface area (Å²) in [6, 6.07) is 14.2. The van der Waals surface area contributed by atoms with Crippen molar-refractivity contribution >= 4 is 23.2 Å². The van der Waals surface area contributed by atoms with Crippen LogP contribution in [0.25, 0.3) is 10.9 Å². The number of para-hydroxylation sites is 1. The van der Waals surface area contributed by atoms with Gasteiger partial charge in [0.1, 0.15) is 12.4 Å². The molecule has 0 radical (unpaired) electrons. The molecular weight excluding hydrogens is 354 g/mol. The molecule has 1 amide bonds. The van der Waals surface area contributed by atoms with E-state index in [9.17, 15) is 4.79 Å². The van der Waals surface area contributed by atoms with Crippen LogP contribution in [0.4, 0.5) is 4.79 Å². The molecule has 0 atom stereocenters. The van der Waals surface area contributed by atoms with Crippen LogP contribution in [-0.2, 0) is 11.3 Å². The zero-order valence-electron chi connectivity index (χ0n) is 16.4. The third-order valence-corrected chi connectivity index (χ3v) is 4.53. The lowest BCUT2D eigenvalue weighted by molar-refractivity contribution is 0.152. The van der Waals surface area contributed by atoms with Crippen molar-refractivity contribution in [3.8, 4) is 5.75 Å². The number of rotatable bonds is 7. The number of nitrogens with zero attached hydrogens (tertiary/aromatic N) is 2. The number of hydrogen-bond donors (Lipinski definition) is 1. The molecule has 3 rings (SSSR count). The van der Waals surface area contributed by atoms with Crippen LogP contribution in [0.15, 0.2) is 53.8 Å². The molecule has 0 bridgehead atoms. The number of nitrogens with one attached hydrogen (secondary N) is 1. The van der Waals surface area contributed by atoms with Crippen LogP contribution in [-0.4, -0.2) is 30.1 Å². The quantitative estimate of drug-likeness (QED) is 0.488. The first-order valence-corrected chi connectivity index (χ1v) is 9.32. The first kappa shape index (κ1) is 19.5. The first-order valence-electron chi connectivity index (χ1n) is 9.32. The highest BCUT2D eigenvalue weighted by Gasteiger charge is 2.07. The number of aromatic nitrogens is 1. The average molecular weight is 379 g/mol. The Morgan fingerprint density at radius 1 is 1.18 bits per heavy atom. The standard InChI is InChI=1S/C22H25N3O3/c1-4-27-22(26)24-23-14-18-15-25(21-8-6-5-7-20(18)21)11-12-28-19-10-9-16(2)17(3)13-19/h5-10,13-15H,4,11-12H2,1-3H3,(H,24,26)/b23-14+. The molecule has 6 heteroatoms. The van der Waals surface area contributed by atoms with E-state index in [1.54, 1.807) is 13.1 Å². The van der Waals surface area contributed by atoms with Gasteiger partial charge < -0.3 is 14.0 Å². The van der Waals surface area contributed by atoms with Crippen molar-refractivity contribution in [2.24, 2.45) is 5.10 Å². The van der Waals surface area contributed by atoms with Crippen molar-refractivity contribution in [1.82, 2.24) is 9.99 Å². The van der Waals surface area contributed by atoms with Gasteiger partial charge in [0.2, 0.25) is 0 Å². The molecule has 3 aromatic rings. The molecule has 1 N–H and O–H groups in total. The van der Waals surface area contributed by atoms with Gasteiger partial charge in [0.15, 0.2) is 0 Å². The van der Waals surface area contributed by atoms with Gasteiger partial charge in [-0.1, -0.05) is 24.3 Å². The number of amides is 1. The van der Waals surface area contributed by atoms with Crippen LogP contribution >= 0.6 is 0 Å². The van der Waals surface area contributed by atoms with Gasteiger partial charge >= 0.3 is 6.09 Å². The van der Waals surface area contributed by atoms with Gasteiger partial charge in [-0.2, -0.15) is 5.10 Å². The van der Waals surface area contributed by atoms with Crippen LogP contribution in [0.3, 0.4) is 0 Å². The molecule has 1 heterocycles. The van der Waals surface area contributed by atoms with E-state index >= 15 is 0 Å². The minimum atomic E-state index is -0.565. The molecule has 0 unspecified atom stereocenters. The van der Waals surface area contributed by atoms with Gasteiger partial charge in [-0.15, -0.1) is 0 Å². The summed E-state index contributed by atoms with van der Waals surface area (Å²) in [7, 11) is 0. The third kappa shape index (κ3) is 4.71. The number of hydrogen-bond acceptors (Lipinski definition) is 4. The van der Waals surface area contributed by atoms with Crippen molar-refractivity contribution < 1.29 is 14.3 Å². The Hall–Kier alpha value is -3.28. The zero-order chi connectivity index (χ0) is 19.9. The minimum absolute atomic E-state index is 0.307. The molecule has 0 spiro atoms. The summed E-state index contributed by atoms with van der Waals surface area (Å²) in [5.41, 5.74) is 6.83. The van der Waals surface area contributed by atoms with E-state index in [4.69, 9.17) is 9.47 Å². The van der Waals surface area contributed by atoms with Crippen molar-refractivity contribution in [3.05, 3.63) is 65.4 Å². The lowest BCUT2D eigenvalue weighted by Crippen LogP contribution is -2.18. The lowest BCUT2D eigenvalue weighted by atomic mass is 10.1. The van der Waals surface area contributed by atoms with Crippen molar-refractivity contribution in [3.63, 3.8) is 0 Å². The molecule has 0 aliphatic heterocycles. The van der Waals surface area contributed by atoms with E-state index < -0.39 is 6.09 Å². The topological polar surface area (TPSA) is 64.8 Å². The van der Waals surface area contributed by atoms with E-state index in [1.807, 2.05) is 30.5 Å². The van der Waals surface area contributed by atoms with Gasteiger partial charge in [-0.25, -0.2) is 10.2 Å². The summed E-state index contributed by atoms with van der Waals surface area (Å²) < 4.78 is 12.8. The van der Waals surface area contributed by atoms with Crippen molar-refractivity contribution in [2.75, 3.05) is 13.2 Å². The van der Waals surface area contributed by atoms with Crippen LogP contribution in [0.2, 0.25) is 0 Å². The van der Waals surface area contributed by atoms with Crippen LogP contribution in [0, 0.1) is 13.8 Å². The van der Waals surface area contributed by atoms with E-state index in [1.165, 1.54) is 11.1 Å².